The lowest BCUT2D eigenvalue weighted by Gasteiger charge is -2.40. The summed E-state index contributed by atoms with van der Waals surface area (Å²) in [5.74, 6) is 1.62. The van der Waals surface area contributed by atoms with Crippen LogP contribution in [-0.2, 0) is 0 Å². The summed E-state index contributed by atoms with van der Waals surface area (Å²) in [5, 5.41) is 13.0. The molecule has 3 nitrogen and oxygen atoms in total. The summed E-state index contributed by atoms with van der Waals surface area (Å²) in [4.78, 5) is 2.50. The second-order valence-electron chi connectivity index (χ2n) is 6.12. The third-order valence-electron chi connectivity index (χ3n) is 4.14. The van der Waals surface area contributed by atoms with E-state index in [1.807, 2.05) is 0 Å². The van der Waals surface area contributed by atoms with Crippen molar-refractivity contribution in [1.29, 1.82) is 0 Å². The Morgan fingerprint density at radius 3 is 2.59 bits per heavy atom. The van der Waals surface area contributed by atoms with Crippen LogP contribution < -0.4 is 5.32 Å². The van der Waals surface area contributed by atoms with Gasteiger partial charge in [-0.15, -0.1) is 0 Å². The Balaban J connectivity index is 2.45. The van der Waals surface area contributed by atoms with E-state index in [1.54, 1.807) is 0 Å². The fourth-order valence-corrected chi connectivity index (χ4v) is 2.57. The molecule has 1 aliphatic heterocycles. The Morgan fingerprint density at radius 2 is 2.06 bits per heavy atom. The fraction of sp³-hybridized carbons (Fsp3) is 1.00. The van der Waals surface area contributed by atoms with Gasteiger partial charge < -0.3 is 15.3 Å². The van der Waals surface area contributed by atoms with E-state index in [-0.39, 0.29) is 12.1 Å². The van der Waals surface area contributed by atoms with E-state index in [0.29, 0.717) is 0 Å². The van der Waals surface area contributed by atoms with Crippen LogP contribution in [0, 0.1) is 11.8 Å². The summed E-state index contributed by atoms with van der Waals surface area (Å²) in [6.45, 7) is 13.5. The highest BCUT2D eigenvalue weighted by atomic mass is 16.3. The molecule has 0 aromatic rings. The molecule has 0 aromatic heterocycles. The van der Waals surface area contributed by atoms with Gasteiger partial charge in [0.1, 0.15) is 0 Å². The van der Waals surface area contributed by atoms with E-state index in [9.17, 15) is 5.11 Å². The molecule has 0 amide bonds. The minimum Gasteiger partial charge on any atom is -0.394 e. The molecule has 0 aliphatic carbocycles. The molecule has 1 fully saturated rings. The van der Waals surface area contributed by atoms with E-state index < -0.39 is 0 Å². The molecule has 0 bridgehead atoms. The maximum absolute atomic E-state index is 9.57. The topological polar surface area (TPSA) is 35.5 Å². The van der Waals surface area contributed by atoms with Crippen molar-refractivity contribution in [2.24, 2.45) is 11.8 Å². The van der Waals surface area contributed by atoms with Crippen LogP contribution in [-0.4, -0.2) is 48.3 Å². The van der Waals surface area contributed by atoms with E-state index >= 15 is 0 Å². The van der Waals surface area contributed by atoms with Crippen molar-refractivity contribution >= 4 is 0 Å². The van der Waals surface area contributed by atoms with E-state index in [1.165, 1.54) is 19.5 Å². The fourth-order valence-electron chi connectivity index (χ4n) is 2.57. The summed E-state index contributed by atoms with van der Waals surface area (Å²) in [5.41, 5.74) is -0.143. The largest absolute Gasteiger partial charge is 0.394 e. The second kappa shape index (κ2) is 6.72. The van der Waals surface area contributed by atoms with Crippen LogP contribution in [0.3, 0.4) is 0 Å². The van der Waals surface area contributed by atoms with Gasteiger partial charge in [-0.05, 0) is 44.7 Å². The first kappa shape index (κ1) is 14.9. The first-order valence-electron chi connectivity index (χ1n) is 7.09. The molecule has 1 rings (SSSR count). The average Bonchev–Trinajstić information content (AvgIpc) is 2.31. The van der Waals surface area contributed by atoms with Crippen molar-refractivity contribution in [3.8, 4) is 0 Å². The summed E-state index contributed by atoms with van der Waals surface area (Å²) in [6, 6.07) is 0. The first-order valence-corrected chi connectivity index (χ1v) is 7.09. The highest BCUT2D eigenvalue weighted by Crippen LogP contribution is 2.23. The van der Waals surface area contributed by atoms with Gasteiger partial charge in [-0.3, -0.25) is 0 Å². The average molecular weight is 242 g/mol. The molecule has 3 atom stereocenters. The van der Waals surface area contributed by atoms with E-state index in [2.05, 4.69) is 37.9 Å². The molecule has 0 radical (unpaired) electrons. The summed E-state index contributed by atoms with van der Waals surface area (Å²) in [7, 11) is 0. The molecule has 0 spiro atoms. The quantitative estimate of drug-likeness (QED) is 0.744. The minimum absolute atomic E-state index is 0.143. The number of nitrogens with zero attached hydrogens (tertiary/aromatic N) is 1. The molecule has 0 aromatic carbocycles. The zero-order chi connectivity index (χ0) is 12.9. The Kier molecular flexibility index (Phi) is 5.90. The number of aliphatic hydroxyl groups excluding tert-OH is 1. The normalized spacial score (nSPS) is 30.2. The molecule has 1 aliphatic rings. The Labute approximate surface area is 107 Å². The summed E-state index contributed by atoms with van der Waals surface area (Å²) in [6.07, 6.45) is 2.40. The predicted molar refractivity (Wildman–Crippen MR) is 73.2 cm³/mol. The van der Waals surface area contributed by atoms with Crippen LogP contribution in [0.15, 0.2) is 0 Å². The molecule has 102 valence electrons. The van der Waals surface area contributed by atoms with Crippen molar-refractivity contribution in [2.45, 2.75) is 46.1 Å². The number of likely N-dealkylation sites (tertiary alicyclic amines) is 1. The maximum Gasteiger partial charge on any atom is 0.0623 e. The molecule has 3 unspecified atom stereocenters. The van der Waals surface area contributed by atoms with Gasteiger partial charge in [0, 0.05) is 13.1 Å². The van der Waals surface area contributed by atoms with Gasteiger partial charge in [-0.2, -0.15) is 0 Å². The van der Waals surface area contributed by atoms with Crippen molar-refractivity contribution in [3.05, 3.63) is 0 Å². The molecule has 17 heavy (non-hydrogen) atoms. The highest BCUT2D eigenvalue weighted by Gasteiger charge is 2.29. The molecular weight excluding hydrogens is 212 g/mol. The number of rotatable bonds is 6. The SMILES string of the molecule is CCCNC(C)(CO)CN1CCC(C)C(C)C1. The number of hydrogen-bond donors (Lipinski definition) is 2. The Bertz CT molecular complexity index is 222. The predicted octanol–water partition coefficient (Wildman–Crippen LogP) is 1.71. The Hall–Kier alpha value is -0.120. The molecule has 1 saturated heterocycles. The van der Waals surface area contributed by atoms with Crippen LogP contribution in [0.4, 0.5) is 0 Å². The summed E-state index contributed by atoms with van der Waals surface area (Å²) < 4.78 is 0. The number of nitrogens with one attached hydrogen (secondary N) is 1. The van der Waals surface area contributed by atoms with Crippen molar-refractivity contribution < 1.29 is 5.11 Å². The zero-order valence-electron chi connectivity index (χ0n) is 12.0. The van der Waals surface area contributed by atoms with Gasteiger partial charge in [0.25, 0.3) is 0 Å². The lowest BCUT2D eigenvalue weighted by molar-refractivity contribution is 0.0770. The molecule has 0 saturated carbocycles. The third-order valence-corrected chi connectivity index (χ3v) is 4.14. The number of aliphatic hydroxyl groups is 1. The highest BCUT2D eigenvalue weighted by molar-refractivity contribution is 4.88. The van der Waals surface area contributed by atoms with Gasteiger partial charge in [-0.1, -0.05) is 20.8 Å². The number of piperidine rings is 1. The van der Waals surface area contributed by atoms with Gasteiger partial charge in [-0.25, -0.2) is 0 Å². The molecule has 2 N–H and O–H groups in total. The third kappa shape index (κ3) is 4.57. The second-order valence-corrected chi connectivity index (χ2v) is 6.12. The maximum atomic E-state index is 9.57. The van der Waals surface area contributed by atoms with E-state index in [4.69, 9.17) is 0 Å². The summed E-state index contributed by atoms with van der Waals surface area (Å²) >= 11 is 0. The van der Waals surface area contributed by atoms with Crippen LogP contribution in [0.25, 0.3) is 0 Å². The Morgan fingerprint density at radius 1 is 1.35 bits per heavy atom. The van der Waals surface area contributed by atoms with Crippen molar-refractivity contribution in [1.82, 2.24) is 10.2 Å². The first-order chi connectivity index (χ1) is 8.00. The van der Waals surface area contributed by atoms with Crippen LogP contribution in [0.5, 0.6) is 0 Å². The number of hydrogen-bond acceptors (Lipinski definition) is 3. The van der Waals surface area contributed by atoms with Gasteiger partial charge in [0.2, 0.25) is 0 Å². The lowest BCUT2D eigenvalue weighted by Crippen LogP contribution is -2.56. The van der Waals surface area contributed by atoms with Gasteiger partial charge >= 0.3 is 0 Å². The van der Waals surface area contributed by atoms with Crippen LogP contribution >= 0.6 is 0 Å². The minimum atomic E-state index is -0.143. The lowest BCUT2D eigenvalue weighted by atomic mass is 9.87. The zero-order valence-corrected chi connectivity index (χ0v) is 12.0. The van der Waals surface area contributed by atoms with E-state index in [0.717, 1.165) is 31.3 Å². The van der Waals surface area contributed by atoms with Crippen LogP contribution in [0.1, 0.15) is 40.5 Å². The molecule has 1 heterocycles. The monoisotopic (exact) mass is 242 g/mol. The van der Waals surface area contributed by atoms with Gasteiger partial charge in [0.15, 0.2) is 0 Å². The molecular formula is C14H30N2O. The van der Waals surface area contributed by atoms with Crippen molar-refractivity contribution in [2.75, 3.05) is 32.8 Å². The smallest absolute Gasteiger partial charge is 0.0623 e. The van der Waals surface area contributed by atoms with Crippen LogP contribution in [0.2, 0.25) is 0 Å². The molecule has 3 heteroatoms. The standard InChI is InChI=1S/C14H30N2O/c1-5-7-15-14(4,11-17)10-16-8-6-12(2)13(3)9-16/h12-13,15,17H,5-11H2,1-4H3. The van der Waals surface area contributed by atoms with Crippen molar-refractivity contribution in [3.63, 3.8) is 0 Å². The van der Waals surface area contributed by atoms with Gasteiger partial charge in [0.05, 0.1) is 12.1 Å².